The minimum Gasteiger partial charge on any atom is -0.135 e. The molecule has 0 nitrogen and oxygen atoms in total. The van der Waals surface area contributed by atoms with Gasteiger partial charge in [-0.15, -0.1) is 25.3 Å². The van der Waals surface area contributed by atoms with Crippen molar-refractivity contribution in [2.24, 2.45) is 0 Å². The summed E-state index contributed by atoms with van der Waals surface area (Å²) >= 11 is 12.8. The van der Waals surface area contributed by atoms with Crippen LogP contribution in [0.1, 0.15) is 50.7 Å². The van der Waals surface area contributed by atoms with Crippen LogP contribution in [0, 0.1) is 0 Å². The van der Waals surface area contributed by atoms with Gasteiger partial charge in [0.15, 0.2) is 0 Å². The van der Waals surface area contributed by atoms with E-state index in [-0.39, 0.29) is 0 Å². The molecule has 2 aromatic carbocycles. The van der Waals surface area contributed by atoms with Crippen LogP contribution in [0.3, 0.4) is 0 Å². The largest absolute Gasteiger partial charge is 0.135 e. The van der Waals surface area contributed by atoms with Crippen LogP contribution in [0.4, 0.5) is 0 Å². The molecular formula is C20H24S4. The molecule has 0 aromatic heterocycles. The Balaban J connectivity index is 2.24. The number of hydrogen-bond donors (Lipinski definition) is 2. The Morgan fingerprint density at radius 1 is 0.667 bits per heavy atom. The summed E-state index contributed by atoms with van der Waals surface area (Å²) < 4.78 is 1.88. The Hall–Kier alpha value is -0.420. The highest BCUT2D eigenvalue weighted by molar-refractivity contribution is 8.21. The molecule has 0 amide bonds. The standard InChI is InChI=1S/C20H24S4/c1-13(2)15-9-5-7-11-17(15)23-19(21)20(22)24-18-12-8-6-10-16(18)14(3)4/h5-14,21-22H,1-4H3/b20-19-. The van der Waals surface area contributed by atoms with Crippen LogP contribution in [0.15, 0.2) is 66.8 Å². The number of hydrogen-bond acceptors (Lipinski definition) is 4. The maximum atomic E-state index is 4.71. The first kappa shape index (κ1) is 19.9. The van der Waals surface area contributed by atoms with Gasteiger partial charge in [-0.3, -0.25) is 0 Å². The fourth-order valence-corrected chi connectivity index (χ4v) is 5.24. The first-order valence-corrected chi connectivity index (χ1v) is 10.6. The maximum Gasteiger partial charge on any atom is 0.0621 e. The van der Waals surface area contributed by atoms with Gasteiger partial charge in [0, 0.05) is 9.79 Å². The number of thiol groups is 2. The highest BCUT2D eigenvalue weighted by Crippen LogP contribution is 2.43. The maximum absolute atomic E-state index is 4.71. The third kappa shape index (κ3) is 5.29. The molecule has 0 saturated heterocycles. The SMILES string of the molecule is CC(C)c1ccccc1S/C(S)=C(/S)Sc1ccccc1C(C)C. The first-order valence-electron chi connectivity index (χ1n) is 8.06. The molecule has 0 N–H and O–H groups in total. The van der Waals surface area contributed by atoms with E-state index in [4.69, 9.17) is 25.3 Å². The van der Waals surface area contributed by atoms with Gasteiger partial charge in [0.1, 0.15) is 0 Å². The quantitative estimate of drug-likeness (QED) is 0.380. The fraction of sp³-hybridized carbons (Fsp3) is 0.300. The summed E-state index contributed by atoms with van der Waals surface area (Å²) in [6.45, 7) is 8.88. The Kier molecular flexibility index (Phi) is 7.73. The molecule has 0 spiro atoms. The second-order valence-electron chi connectivity index (χ2n) is 6.20. The predicted octanol–water partition coefficient (Wildman–Crippen LogP) is 7.80. The molecule has 0 bridgehead atoms. The lowest BCUT2D eigenvalue weighted by molar-refractivity contribution is 0.842. The van der Waals surface area contributed by atoms with E-state index in [1.165, 1.54) is 20.9 Å². The first-order chi connectivity index (χ1) is 11.4. The van der Waals surface area contributed by atoms with E-state index in [1.54, 1.807) is 23.5 Å². The summed E-state index contributed by atoms with van der Waals surface area (Å²) in [7, 11) is 0. The van der Waals surface area contributed by atoms with Gasteiger partial charge in [-0.2, -0.15) is 0 Å². The van der Waals surface area contributed by atoms with Crippen LogP contribution in [-0.4, -0.2) is 0 Å². The number of rotatable bonds is 6. The van der Waals surface area contributed by atoms with Crippen molar-refractivity contribution in [3.05, 3.63) is 68.1 Å². The highest BCUT2D eigenvalue weighted by Gasteiger charge is 2.12. The molecule has 0 aliphatic rings. The van der Waals surface area contributed by atoms with Crippen LogP contribution >= 0.6 is 48.8 Å². The van der Waals surface area contributed by atoms with E-state index in [0.29, 0.717) is 11.8 Å². The van der Waals surface area contributed by atoms with Crippen LogP contribution in [0.25, 0.3) is 0 Å². The van der Waals surface area contributed by atoms with Gasteiger partial charge in [-0.25, -0.2) is 0 Å². The Morgan fingerprint density at radius 3 is 1.33 bits per heavy atom. The number of benzene rings is 2. The molecule has 2 rings (SSSR count). The van der Waals surface area contributed by atoms with Crippen molar-refractivity contribution in [1.82, 2.24) is 0 Å². The lowest BCUT2D eigenvalue weighted by Gasteiger charge is -2.14. The summed E-state index contributed by atoms with van der Waals surface area (Å²) in [6, 6.07) is 17.0. The van der Waals surface area contributed by atoms with E-state index in [2.05, 4.69) is 76.2 Å². The van der Waals surface area contributed by atoms with E-state index in [1.807, 2.05) is 0 Å². The molecule has 4 heteroatoms. The van der Waals surface area contributed by atoms with Gasteiger partial charge in [-0.05, 0) is 35.1 Å². The molecular weight excluding hydrogens is 368 g/mol. The minimum absolute atomic E-state index is 0.493. The van der Waals surface area contributed by atoms with Gasteiger partial charge in [0.2, 0.25) is 0 Å². The van der Waals surface area contributed by atoms with Crippen molar-refractivity contribution in [3.8, 4) is 0 Å². The monoisotopic (exact) mass is 392 g/mol. The van der Waals surface area contributed by atoms with Crippen LogP contribution in [0.2, 0.25) is 0 Å². The zero-order valence-corrected chi connectivity index (χ0v) is 17.9. The topological polar surface area (TPSA) is 0 Å². The summed E-state index contributed by atoms with van der Waals surface area (Å²) in [5, 5.41) is 0. The van der Waals surface area contributed by atoms with Crippen molar-refractivity contribution in [2.75, 3.05) is 0 Å². The lowest BCUT2D eigenvalue weighted by atomic mass is 10.0. The molecule has 0 aliphatic carbocycles. The van der Waals surface area contributed by atoms with Crippen molar-refractivity contribution in [3.63, 3.8) is 0 Å². The van der Waals surface area contributed by atoms with Crippen molar-refractivity contribution < 1.29 is 0 Å². The van der Waals surface area contributed by atoms with Gasteiger partial charge in [-0.1, -0.05) is 87.6 Å². The molecule has 0 atom stereocenters. The highest BCUT2D eigenvalue weighted by atomic mass is 32.2. The summed E-state index contributed by atoms with van der Waals surface area (Å²) in [4.78, 5) is 2.50. The average molecular weight is 393 g/mol. The molecule has 0 aliphatic heterocycles. The Labute approximate surface area is 165 Å². The van der Waals surface area contributed by atoms with Crippen molar-refractivity contribution in [1.29, 1.82) is 0 Å². The van der Waals surface area contributed by atoms with Gasteiger partial charge in [0.25, 0.3) is 0 Å². The molecule has 0 radical (unpaired) electrons. The molecule has 0 saturated carbocycles. The fourth-order valence-electron chi connectivity index (χ4n) is 2.40. The third-order valence-corrected chi connectivity index (χ3v) is 7.26. The molecule has 24 heavy (non-hydrogen) atoms. The smallest absolute Gasteiger partial charge is 0.0621 e. The lowest BCUT2D eigenvalue weighted by Crippen LogP contribution is -1.91. The zero-order chi connectivity index (χ0) is 17.7. The Morgan fingerprint density at radius 2 is 1.00 bits per heavy atom. The third-order valence-electron chi connectivity index (χ3n) is 3.68. The van der Waals surface area contributed by atoms with E-state index >= 15 is 0 Å². The second kappa shape index (κ2) is 9.33. The van der Waals surface area contributed by atoms with Crippen molar-refractivity contribution in [2.45, 2.75) is 49.3 Å². The molecule has 2 aromatic rings. The minimum atomic E-state index is 0.493. The predicted molar refractivity (Wildman–Crippen MR) is 118 cm³/mol. The zero-order valence-electron chi connectivity index (χ0n) is 14.5. The molecule has 0 unspecified atom stereocenters. The van der Waals surface area contributed by atoms with Gasteiger partial charge in [0.05, 0.1) is 8.47 Å². The summed E-state index contributed by atoms with van der Waals surface area (Å²) in [5.41, 5.74) is 2.70. The molecule has 0 fully saturated rings. The average Bonchev–Trinajstić information content (AvgIpc) is 2.55. The summed E-state index contributed by atoms with van der Waals surface area (Å²) in [5.74, 6) is 0.986. The van der Waals surface area contributed by atoms with E-state index < -0.39 is 0 Å². The molecule has 0 heterocycles. The van der Waals surface area contributed by atoms with Crippen molar-refractivity contribution >= 4 is 48.8 Å². The number of thioether (sulfide) groups is 2. The second-order valence-corrected chi connectivity index (χ2v) is 9.80. The van der Waals surface area contributed by atoms with Crippen LogP contribution in [-0.2, 0) is 0 Å². The van der Waals surface area contributed by atoms with Gasteiger partial charge < -0.3 is 0 Å². The Bertz CT molecular complexity index is 656. The van der Waals surface area contributed by atoms with Crippen LogP contribution < -0.4 is 0 Å². The normalized spacial score (nSPS) is 12.7. The molecule has 128 valence electrons. The van der Waals surface area contributed by atoms with Gasteiger partial charge >= 0.3 is 0 Å². The summed E-state index contributed by atoms with van der Waals surface area (Å²) in [6.07, 6.45) is 0. The van der Waals surface area contributed by atoms with E-state index in [0.717, 1.165) is 8.47 Å². The van der Waals surface area contributed by atoms with Crippen LogP contribution in [0.5, 0.6) is 0 Å². The van der Waals surface area contributed by atoms with E-state index in [9.17, 15) is 0 Å².